The van der Waals surface area contributed by atoms with E-state index < -0.39 is 11.7 Å². The van der Waals surface area contributed by atoms with Crippen molar-refractivity contribution in [2.75, 3.05) is 20.2 Å². The highest BCUT2D eigenvalue weighted by atomic mass is 19.4. The van der Waals surface area contributed by atoms with Gasteiger partial charge < -0.3 is 19.9 Å². The molecular weight excluding hydrogens is 373 g/mol. The summed E-state index contributed by atoms with van der Waals surface area (Å²) in [5.74, 6) is 1.56. The molecule has 0 aliphatic rings. The van der Waals surface area contributed by atoms with Crippen molar-refractivity contribution in [1.82, 2.24) is 15.8 Å². The molecule has 0 bridgehead atoms. The van der Waals surface area contributed by atoms with Gasteiger partial charge in [0, 0.05) is 25.6 Å². The lowest BCUT2D eigenvalue weighted by Crippen LogP contribution is -2.39. The third kappa shape index (κ3) is 5.90. The number of guanidine groups is 1. The second-order valence-electron chi connectivity index (χ2n) is 5.96. The van der Waals surface area contributed by atoms with Crippen LogP contribution in [0.15, 0.2) is 33.8 Å². The van der Waals surface area contributed by atoms with Crippen LogP contribution in [0.25, 0.3) is 0 Å². The van der Waals surface area contributed by atoms with Gasteiger partial charge in [-0.25, -0.2) is 0 Å². The Morgan fingerprint density at radius 3 is 2.64 bits per heavy atom. The second-order valence-corrected chi connectivity index (χ2v) is 5.96. The Morgan fingerprint density at radius 1 is 1.21 bits per heavy atom. The normalized spacial score (nSPS) is 12.1. The summed E-state index contributed by atoms with van der Waals surface area (Å²) in [6.45, 7) is 5.10. The smallest absolute Gasteiger partial charge is 0.416 e. The Kier molecular flexibility index (Phi) is 7.71. The quantitative estimate of drug-likeness (QED) is 0.404. The topological polar surface area (TPSA) is 71.7 Å². The van der Waals surface area contributed by atoms with Crippen LogP contribution < -0.4 is 15.4 Å². The number of nitrogens with zero attached hydrogens (tertiary/aromatic N) is 2. The van der Waals surface area contributed by atoms with E-state index in [0.717, 1.165) is 42.0 Å². The highest BCUT2D eigenvalue weighted by Gasteiger charge is 2.30. The summed E-state index contributed by atoms with van der Waals surface area (Å²) in [5.41, 5.74) is 1.20. The first-order valence-electron chi connectivity index (χ1n) is 9.09. The van der Waals surface area contributed by atoms with Crippen molar-refractivity contribution in [1.29, 1.82) is 0 Å². The molecule has 0 amide bonds. The molecule has 0 aliphatic heterocycles. The van der Waals surface area contributed by atoms with Crippen molar-refractivity contribution in [3.8, 4) is 5.75 Å². The van der Waals surface area contributed by atoms with E-state index in [0.29, 0.717) is 19.0 Å². The van der Waals surface area contributed by atoms with E-state index in [1.165, 1.54) is 12.1 Å². The van der Waals surface area contributed by atoms with Gasteiger partial charge in [-0.1, -0.05) is 25.1 Å². The van der Waals surface area contributed by atoms with E-state index in [2.05, 4.69) is 20.8 Å². The first-order chi connectivity index (χ1) is 13.4. The maximum absolute atomic E-state index is 12.7. The summed E-state index contributed by atoms with van der Waals surface area (Å²) in [6, 6.07) is 4.81. The molecule has 28 heavy (non-hydrogen) atoms. The molecule has 2 rings (SSSR count). The number of aliphatic imine (C=N–C) groups is 1. The van der Waals surface area contributed by atoms with E-state index in [9.17, 15) is 13.2 Å². The highest BCUT2D eigenvalue weighted by molar-refractivity contribution is 5.79. The Hall–Kier alpha value is -2.71. The molecule has 0 fully saturated rings. The summed E-state index contributed by atoms with van der Waals surface area (Å²) >= 11 is 0. The molecule has 1 heterocycles. The molecule has 0 atom stereocenters. The number of ether oxygens (including phenoxy) is 1. The van der Waals surface area contributed by atoms with Crippen LogP contribution in [0, 0.1) is 0 Å². The minimum absolute atomic E-state index is 0.171. The first-order valence-corrected chi connectivity index (χ1v) is 9.09. The third-order valence-electron chi connectivity index (χ3n) is 4.09. The van der Waals surface area contributed by atoms with Gasteiger partial charge in [-0.2, -0.15) is 13.2 Å². The summed E-state index contributed by atoms with van der Waals surface area (Å²) in [7, 11) is 1.64. The highest BCUT2D eigenvalue weighted by Crippen LogP contribution is 2.31. The Bertz CT molecular complexity index is 766. The van der Waals surface area contributed by atoms with Crippen molar-refractivity contribution in [2.24, 2.45) is 4.99 Å². The van der Waals surface area contributed by atoms with E-state index >= 15 is 0 Å². The van der Waals surface area contributed by atoms with Crippen LogP contribution in [0.1, 0.15) is 36.4 Å². The number of benzene rings is 1. The number of hydrogen-bond donors (Lipinski definition) is 2. The van der Waals surface area contributed by atoms with Gasteiger partial charge >= 0.3 is 6.18 Å². The molecule has 1 aromatic heterocycles. The average molecular weight is 398 g/mol. The Labute approximate surface area is 162 Å². The Morgan fingerprint density at radius 2 is 2.00 bits per heavy atom. The molecule has 0 spiro atoms. The van der Waals surface area contributed by atoms with Gasteiger partial charge in [0.05, 0.1) is 17.8 Å². The van der Waals surface area contributed by atoms with Crippen molar-refractivity contribution in [3.05, 3.63) is 46.8 Å². The van der Waals surface area contributed by atoms with Crippen LogP contribution in [0.5, 0.6) is 5.75 Å². The van der Waals surface area contributed by atoms with Gasteiger partial charge in [0.25, 0.3) is 0 Å². The number of hydrogen-bond acceptors (Lipinski definition) is 4. The van der Waals surface area contributed by atoms with Crippen molar-refractivity contribution in [2.45, 2.75) is 39.4 Å². The predicted octanol–water partition coefficient (Wildman–Crippen LogP) is 3.56. The molecule has 6 nitrogen and oxygen atoms in total. The summed E-state index contributed by atoms with van der Waals surface area (Å²) < 4.78 is 48.9. The molecule has 154 valence electrons. The summed E-state index contributed by atoms with van der Waals surface area (Å²) in [5, 5.41) is 10.3. The maximum atomic E-state index is 12.7. The van der Waals surface area contributed by atoms with E-state index in [-0.39, 0.29) is 12.4 Å². The number of aromatic nitrogens is 1. The van der Waals surface area contributed by atoms with Crippen LogP contribution in [0.2, 0.25) is 0 Å². The van der Waals surface area contributed by atoms with E-state index in [1.807, 2.05) is 13.8 Å². The number of rotatable bonds is 8. The fourth-order valence-electron chi connectivity index (χ4n) is 2.63. The number of aryl methyl sites for hydroxylation is 2. The molecule has 2 aromatic rings. The molecular formula is C19H25F3N4O2. The second kappa shape index (κ2) is 10.0. The van der Waals surface area contributed by atoms with Gasteiger partial charge in [-0.3, -0.25) is 4.99 Å². The standard InChI is InChI=1S/C19H25F3N4O2/c1-4-16-15(17(5-2)28-26-16)12-25-18(23-3)24-9-10-27-14-8-6-7-13(11-14)19(20,21)22/h6-8,11H,4-5,9-10,12H2,1-3H3,(H2,23,24,25). The molecule has 0 unspecified atom stereocenters. The zero-order valence-electron chi connectivity index (χ0n) is 16.2. The van der Waals surface area contributed by atoms with Crippen molar-refractivity contribution < 1.29 is 22.4 Å². The number of alkyl halides is 3. The predicted molar refractivity (Wildman–Crippen MR) is 100 cm³/mol. The molecule has 1 aromatic carbocycles. The van der Waals surface area contributed by atoms with Crippen LogP contribution in [-0.4, -0.2) is 31.3 Å². The minimum atomic E-state index is -4.39. The maximum Gasteiger partial charge on any atom is 0.416 e. The molecule has 0 aliphatic carbocycles. The van der Waals surface area contributed by atoms with Crippen molar-refractivity contribution in [3.63, 3.8) is 0 Å². The Balaban J connectivity index is 1.81. The number of nitrogens with one attached hydrogen (secondary N) is 2. The fourth-order valence-corrected chi connectivity index (χ4v) is 2.63. The van der Waals surface area contributed by atoms with Crippen LogP contribution in [0.3, 0.4) is 0 Å². The van der Waals surface area contributed by atoms with Crippen LogP contribution >= 0.6 is 0 Å². The molecule has 0 radical (unpaired) electrons. The lowest BCUT2D eigenvalue weighted by Gasteiger charge is -2.13. The van der Waals surface area contributed by atoms with Gasteiger partial charge in [-0.05, 0) is 24.6 Å². The van der Waals surface area contributed by atoms with Crippen LogP contribution in [0.4, 0.5) is 13.2 Å². The van der Waals surface area contributed by atoms with E-state index in [4.69, 9.17) is 9.26 Å². The van der Waals surface area contributed by atoms with Crippen LogP contribution in [-0.2, 0) is 25.6 Å². The monoisotopic (exact) mass is 398 g/mol. The third-order valence-corrected chi connectivity index (χ3v) is 4.09. The lowest BCUT2D eigenvalue weighted by atomic mass is 10.1. The van der Waals surface area contributed by atoms with Gasteiger partial charge in [0.1, 0.15) is 18.1 Å². The zero-order chi connectivity index (χ0) is 20.6. The molecule has 0 saturated heterocycles. The minimum Gasteiger partial charge on any atom is -0.492 e. The SMILES string of the molecule is CCc1noc(CC)c1CNC(=NC)NCCOc1cccc(C(F)(F)F)c1. The first kappa shape index (κ1) is 21.6. The summed E-state index contributed by atoms with van der Waals surface area (Å²) in [4.78, 5) is 4.13. The largest absolute Gasteiger partial charge is 0.492 e. The fraction of sp³-hybridized carbons (Fsp3) is 0.474. The van der Waals surface area contributed by atoms with Gasteiger partial charge in [-0.15, -0.1) is 0 Å². The molecule has 2 N–H and O–H groups in total. The summed E-state index contributed by atoms with van der Waals surface area (Å²) in [6.07, 6.45) is -2.86. The van der Waals surface area contributed by atoms with Gasteiger partial charge in [0.2, 0.25) is 0 Å². The van der Waals surface area contributed by atoms with Gasteiger partial charge in [0.15, 0.2) is 5.96 Å². The molecule has 9 heteroatoms. The molecule has 0 saturated carbocycles. The van der Waals surface area contributed by atoms with Crippen molar-refractivity contribution >= 4 is 5.96 Å². The van der Waals surface area contributed by atoms with E-state index in [1.54, 1.807) is 7.05 Å². The number of halogens is 3. The lowest BCUT2D eigenvalue weighted by molar-refractivity contribution is -0.137. The zero-order valence-corrected chi connectivity index (χ0v) is 16.2. The average Bonchev–Trinajstić information content (AvgIpc) is 3.09.